The third-order valence-corrected chi connectivity index (χ3v) is 13.9. The van der Waals surface area contributed by atoms with Crippen molar-refractivity contribution in [3.8, 4) is 17.2 Å². The number of hydrogen-bond donors (Lipinski definition) is 3. The van der Waals surface area contributed by atoms with E-state index in [2.05, 4.69) is 35.0 Å². The number of anilines is 2. The molecule has 1 saturated heterocycles. The van der Waals surface area contributed by atoms with Crippen molar-refractivity contribution in [3.05, 3.63) is 94.5 Å². The number of amides is 4. The summed E-state index contributed by atoms with van der Waals surface area (Å²) in [5, 5.41) is 20.0. The molecule has 1 saturated carbocycles. The quantitative estimate of drug-likeness (QED) is 0.0420. The molecule has 3 N–H and O–H groups in total. The molecule has 3 aliphatic rings. The molecule has 73 heavy (non-hydrogen) atoms. The Kier molecular flexibility index (Phi) is 22.6. The lowest BCUT2D eigenvalue weighted by molar-refractivity contribution is -0.135. The molecule has 0 radical (unpaired) electrons. The van der Waals surface area contributed by atoms with Gasteiger partial charge in [-0.05, 0) is 102 Å². The third-order valence-electron chi connectivity index (χ3n) is 13.6. The molecule has 3 aromatic carbocycles. The van der Waals surface area contributed by atoms with Gasteiger partial charge in [-0.3, -0.25) is 19.2 Å². The van der Waals surface area contributed by atoms with Crippen LogP contribution >= 0.6 is 11.6 Å². The molecule has 16 heteroatoms. The molecule has 2 fully saturated rings. The summed E-state index contributed by atoms with van der Waals surface area (Å²) < 4.78 is 28.1. The summed E-state index contributed by atoms with van der Waals surface area (Å²) >= 11 is 6.13. The highest BCUT2D eigenvalue weighted by atomic mass is 35.5. The highest BCUT2D eigenvalue weighted by Gasteiger charge is 2.39. The van der Waals surface area contributed by atoms with Gasteiger partial charge in [-0.1, -0.05) is 88.8 Å². The van der Waals surface area contributed by atoms with Crippen LogP contribution in [0.1, 0.15) is 102 Å². The summed E-state index contributed by atoms with van der Waals surface area (Å²) in [5.41, 5.74) is 5.21. The summed E-state index contributed by atoms with van der Waals surface area (Å²) in [6.45, 7) is 15.1. The Morgan fingerprint density at radius 1 is 0.726 bits per heavy atom. The van der Waals surface area contributed by atoms with E-state index in [4.69, 9.17) is 35.3 Å². The summed E-state index contributed by atoms with van der Waals surface area (Å²) in [7, 11) is 0. The predicted octanol–water partition coefficient (Wildman–Crippen LogP) is 8.78. The zero-order valence-electron chi connectivity index (χ0n) is 43.6. The van der Waals surface area contributed by atoms with E-state index in [1.807, 2.05) is 86.3 Å². The van der Waals surface area contributed by atoms with Crippen LogP contribution in [0.15, 0.2) is 78.4 Å². The lowest BCUT2D eigenvalue weighted by Gasteiger charge is -2.41. The number of likely N-dealkylation sites (tertiary alicyclic amines) is 1. The highest BCUT2D eigenvalue weighted by molar-refractivity contribution is 6.30. The predicted molar refractivity (Wildman–Crippen MR) is 284 cm³/mol. The van der Waals surface area contributed by atoms with Crippen LogP contribution in [-0.4, -0.2) is 127 Å². The van der Waals surface area contributed by atoms with Crippen molar-refractivity contribution in [1.82, 2.24) is 15.5 Å². The molecule has 4 amide bonds. The van der Waals surface area contributed by atoms with Gasteiger partial charge in [0.15, 0.2) is 0 Å². The SMILES string of the molecule is CC(=O)N1c2ccc(-c3ccc(C(=O)NCCOCCOCCOCCOCCOCCNC(=O)C4CC(C5CCCCC5)CN(C(=O)/C(C#N)=C/C(C)(C)C)C4)cc3)cc2[C@H](Nc2ccc(Cl)cc2)C[C@@H]1C. The van der Waals surface area contributed by atoms with Crippen molar-refractivity contribution in [1.29, 1.82) is 5.26 Å². The van der Waals surface area contributed by atoms with Crippen molar-refractivity contribution < 1.29 is 42.9 Å². The Hall–Kier alpha value is -5.34. The number of carbonyl (C=O) groups excluding carboxylic acids is 4. The number of halogens is 1. The minimum absolute atomic E-state index is 0.00470. The van der Waals surface area contributed by atoms with Crippen molar-refractivity contribution >= 4 is 46.6 Å². The molecular formula is C57H77ClN6O9. The average molecular weight is 1030 g/mol. The van der Waals surface area contributed by atoms with Crippen LogP contribution in [0.4, 0.5) is 11.4 Å². The number of nitrogens with one attached hydrogen (secondary N) is 3. The monoisotopic (exact) mass is 1020 g/mol. The summed E-state index contributed by atoms with van der Waals surface area (Å²) in [5.74, 6) is -0.122. The minimum Gasteiger partial charge on any atom is -0.378 e. The van der Waals surface area contributed by atoms with Crippen molar-refractivity contribution in [3.63, 3.8) is 0 Å². The van der Waals surface area contributed by atoms with Crippen molar-refractivity contribution in [2.75, 3.05) is 102 Å². The van der Waals surface area contributed by atoms with Gasteiger partial charge in [-0.2, -0.15) is 5.26 Å². The first-order valence-corrected chi connectivity index (χ1v) is 26.5. The van der Waals surface area contributed by atoms with E-state index in [0.717, 1.165) is 53.7 Å². The van der Waals surface area contributed by atoms with Gasteiger partial charge < -0.3 is 49.4 Å². The zero-order valence-corrected chi connectivity index (χ0v) is 44.3. The number of rotatable bonds is 25. The molecule has 4 atom stereocenters. The number of benzene rings is 3. The number of piperidine rings is 1. The van der Waals surface area contributed by atoms with E-state index < -0.39 is 0 Å². The van der Waals surface area contributed by atoms with E-state index in [9.17, 15) is 24.4 Å². The first-order chi connectivity index (χ1) is 35.2. The average Bonchev–Trinajstić information content (AvgIpc) is 3.38. The maximum Gasteiger partial charge on any atom is 0.264 e. The Morgan fingerprint density at radius 2 is 1.30 bits per heavy atom. The van der Waals surface area contributed by atoms with Crippen LogP contribution in [0.5, 0.6) is 0 Å². The molecular weight excluding hydrogens is 948 g/mol. The van der Waals surface area contributed by atoms with Crippen molar-refractivity contribution in [2.45, 2.75) is 91.6 Å². The second-order valence-electron chi connectivity index (χ2n) is 20.5. The first-order valence-electron chi connectivity index (χ1n) is 26.1. The van der Waals surface area contributed by atoms with Gasteiger partial charge in [-0.15, -0.1) is 0 Å². The molecule has 2 unspecified atom stereocenters. The molecule has 1 aliphatic carbocycles. The Labute approximate surface area is 437 Å². The maximum atomic E-state index is 13.5. The standard InChI is InChI=1S/C57H77ClN6O9/c1-40-33-52(62-50-18-16-49(58)17-19-50)51-35-45(15-20-53(51)64(40)41(2)65)43-11-13-44(14-12-43)54(66)60-21-23-69-25-27-71-29-31-73-32-30-72-28-26-70-24-22-61-55(67)47-34-46(42-9-7-6-8-10-42)38-63(39-47)56(68)48(37-59)36-57(3,4)5/h11-20,35-36,40,42,46-47,52,62H,6-10,21-34,38-39H2,1-5H3,(H,60,66)(H,61,67)/b48-36+/t40-,46?,47?,52+/m0/s1. The van der Waals surface area contributed by atoms with E-state index in [1.54, 1.807) is 17.9 Å². The van der Waals surface area contributed by atoms with Crippen molar-refractivity contribution in [2.24, 2.45) is 23.2 Å². The minimum atomic E-state index is -0.325. The second-order valence-corrected chi connectivity index (χ2v) is 20.9. The highest BCUT2D eigenvalue weighted by Crippen LogP contribution is 2.42. The number of nitriles is 1. The van der Waals surface area contributed by atoms with Crippen LogP contribution < -0.4 is 20.9 Å². The van der Waals surface area contributed by atoms with Gasteiger partial charge in [0.25, 0.3) is 11.8 Å². The van der Waals surface area contributed by atoms with E-state index >= 15 is 0 Å². The fraction of sp³-hybridized carbons (Fsp3) is 0.561. The fourth-order valence-corrected chi connectivity index (χ4v) is 10.2. The molecule has 0 spiro atoms. The molecule has 0 aromatic heterocycles. The normalized spacial score (nSPS) is 19.4. The largest absolute Gasteiger partial charge is 0.378 e. The van der Waals surface area contributed by atoms with Crippen LogP contribution in [0, 0.1) is 34.5 Å². The molecule has 6 rings (SSSR count). The van der Waals surface area contributed by atoms with Gasteiger partial charge in [-0.25, -0.2) is 0 Å². The summed E-state index contributed by atoms with van der Waals surface area (Å²) in [6, 6.07) is 23.4. The first kappa shape index (κ1) is 56.9. The van der Waals surface area contributed by atoms with Gasteiger partial charge in [0, 0.05) is 61.1 Å². The number of fused-ring (bicyclic) bond motifs is 1. The number of hydrogen-bond acceptors (Lipinski definition) is 11. The van der Waals surface area contributed by atoms with Gasteiger partial charge in [0.05, 0.1) is 78.0 Å². The Balaban J connectivity index is 0.774. The zero-order chi connectivity index (χ0) is 52.2. The molecule has 0 bridgehead atoms. The van der Waals surface area contributed by atoms with Gasteiger partial charge in [0.1, 0.15) is 11.6 Å². The summed E-state index contributed by atoms with van der Waals surface area (Å²) in [4.78, 5) is 56.1. The number of nitrogens with zero attached hydrogens (tertiary/aromatic N) is 3. The number of carbonyl (C=O) groups is 4. The van der Waals surface area contributed by atoms with E-state index in [0.29, 0.717) is 109 Å². The smallest absolute Gasteiger partial charge is 0.264 e. The van der Waals surface area contributed by atoms with Gasteiger partial charge >= 0.3 is 0 Å². The van der Waals surface area contributed by atoms with Crippen LogP contribution in [0.25, 0.3) is 11.1 Å². The lowest BCUT2D eigenvalue weighted by atomic mass is 9.74. The van der Waals surface area contributed by atoms with E-state index in [1.165, 1.54) is 19.3 Å². The number of allylic oxidation sites excluding steroid dienone is 1. The maximum absolute atomic E-state index is 13.5. The Morgan fingerprint density at radius 3 is 1.88 bits per heavy atom. The molecule has 396 valence electrons. The van der Waals surface area contributed by atoms with Crippen LogP contribution in [0.3, 0.4) is 0 Å². The lowest BCUT2D eigenvalue weighted by Crippen LogP contribution is -2.51. The molecule has 3 aromatic rings. The van der Waals surface area contributed by atoms with Crippen LogP contribution in [0.2, 0.25) is 5.02 Å². The fourth-order valence-electron chi connectivity index (χ4n) is 10.1. The van der Waals surface area contributed by atoms with Gasteiger partial charge in [0.2, 0.25) is 11.8 Å². The summed E-state index contributed by atoms with van der Waals surface area (Å²) in [6.07, 6.45) is 9.09. The number of ether oxygens (including phenoxy) is 5. The van der Waals surface area contributed by atoms with Crippen LogP contribution in [-0.2, 0) is 38.1 Å². The molecule has 15 nitrogen and oxygen atoms in total. The van der Waals surface area contributed by atoms with E-state index in [-0.39, 0.29) is 58.5 Å². The second kappa shape index (κ2) is 28.9. The molecule has 2 aliphatic heterocycles. The Bertz CT molecular complexity index is 2330. The molecule has 2 heterocycles. The topological polar surface area (TPSA) is 181 Å². The third kappa shape index (κ3) is 17.9.